The molecule has 2 aromatic heterocycles. The minimum absolute atomic E-state index is 0.145. The summed E-state index contributed by atoms with van der Waals surface area (Å²) in [5.74, 6) is -1.00. The number of aromatic carboxylic acids is 1. The average Bonchev–Trinajstić information content (AvgIpc) is 2.33. The fourth-order valence-corrected chi connectivity index (χ4v) is 1.75. The van der Waals surface area contributed by atoms with E-state index in [9.17, 15) is 4.79 Å². The average molecular weight is 268 g/mol. The van der Waals surface area contributed by atoms with Gasteiger partial charge in [0.1, 0.15) is 5.03 Å². The first kappa shape index (κ1) is 11.8. The molecule has 0 aromatic carbocycles. The second-order valence-corrected chi connectivity index (χ2v) is 4.40. The van der Waals surface area contributed by atoms with Gasteiger partial charge in [0.05, 0.1) is 23.0 Å². The van der Waals surface area contributed by atoms with Crippen LogP contribution in [0.3, 0.4) is 0 Å². The third-order valence-corrected chi connectivity index (χ3v) is 2.81. The van der Waals surface area contributed by atoms with Gasteiger partial charge >= 0.3 is 5.97 Å². The Morgan fingerprint density at radius 2 is 1.88 bits per heavy atom. The number of rotatable bonds is 3. The van der Waals surface area contributed by atoms with Gasteiger partial charge < -0.3 is 5.11 Å². The molecule has 0 saturated heterocycles. The normalized spacial score (nSPS) is 10.2. The number of nitrogens with zero attached hydrogens (tertiary/aromatic N) is 3. The molecule has 2 heterocycles. The predicted molar refractivity (Wildman–Crippen MR) is 62.4 cm³/mol. The maximum Gasteiger partial charge on any atom is 0.337 e. The van der Waals surface area contributed by atoms with Crippen LogP contribution >= 0.6 is 23.4 Å². The first-order valence-corrected chi connectivity index (χ1v) is 5.69. The Morgan fingerprint density at radius 1 is 1.18 bits per heavy atom. The van der Waals surface area contributed by atoms with Crippen molar-refractivity contribution in [2.75, 3.05) is 0 Å². The molecule has 0 bridgehead atoms. The molecule has 0 amide bonds. The standard InChI is InChI=1S/C10H6ClN3O2S/c11-7-4-13-10(14-5-7)17-8-2-1-6(3-12-8)9(15)16/h1-5H,(H,15,16). The summed E-state index contributed by atoms with van der Waals surface area (Å²) in [6, 6.07) is 3.08. The third-order valence-electron chi connectivity index (χ3n) is 1.78. The fraction of sp³-hybridized carbons (Fsp3) is 0. The van der Waals surface area contributed by atoms with E-state index in [0.29, 0.717) is 15.2 Å². The van der Waals surface area contributed by atoms with Crippen molar-refractivity contribution >= 4 is 29.3 Å². The number of aromatic nitrogens is 3. The molecular weight excluding hydrogens is 262 g/mol. The zero-order chi connectivity index (χ0) is 12.3. The number of carboxylic acids is 1. The summed E-state index contributed by atoms with van der Waals surface area (Å²) in [7, 11) is 0. The van der Waals surface area contributed by atoms with Crippen LogP contribution in [0.2, 0.25) is 5.02 Å². The molecule has 2 rings (SSSR count). The van der Waals surface area contributed by atoms with Crippen LogP contribution in [0.4, 0.5) is 0 Å². The molecule has 0 atom stereocenters. The fourth-order valence-electron chi connectivity index (χ4n) is 1.01. The van der Waals surface area contributed by atoms with E-state index in [4.69, 9.17) is 16.7 Å². The Kier molecular flexibility index (Phi) is 3.55. The van der Waals surface area contributed by atoms with Crippen LogP contribution in [-0.2, 0) is 0 Å². The van der Waals surface area contributed by atoms with Crippen molar-refractivity contribution in [2.24, 2.45) is 0 Å². The number of carbonyl (C=O) groups is 1. The van der Waals surface area contributed by atoms with Crippen LogP contribution < -0.4 is 0 Å². The van der Waals surface area contributed by atoms with E-state index in [2.05, 4.69) is 15.0 Å². The molecule has 1 N–H and O–H groups in total. The highest BCUT2D eigenvalue weighted by atomic mass is 35.5. The molecule has 0 aliphatic carbocycles. The van der Waals surface area contributed by atoms with E-state index in [1.54, 1.807) is 6.07 Å². The lowest BCUT2D eigenvalue weighted by Gasteiger charge is -1.99. The molecule has 0 unspecified atom stereocenters. The topological polar surface area (TPSA) is 76.0 Å². The van der Waals surface area contributed by atoms with Crippen molar-refractivity contribution in [1.29, 1.82) is 0 Å². The maximum absolute atomic E-state index is 10.6. The van der Waals surface area contributed by atoms with Crippen LogP contribution in [0.5, 0.6) is 0 Å². The van der Waals surface area contributed by atoms with Crippen LogP contribution in [0.1, 0.15) is 10.4 Å². The molecule has 0 fully saturated rings. The zero-order valence-corrected chi connectivity index (χ0v) is 9.94. The maximum atomic E-state index is 10.6. The van der Waals surface area contributed by atoms with Gasteiger partial charge in [0.2, 0.25) is 0 Å². The number of hydrogen-bond donors (Lipinski definition) is 1. The van der Waals surface area contributed by atoms with E-state index in [1.165, 1.54) is 36.4 Å². The van der Waals surface area contributed by atoms with Gasteiger partial charge in [-0.2, -0.15) is 0 Å². The van der Waals surface area contributed by atoms with Gasteiger partial charge in [-0.05, 0) is 23.9 Å². The summed E-state index contributed by atoms with van der Waals surface area (Å²) >= 11 is 6.89. The lowest BCUT2D eigenvalue weighted by atomic mass is 10.3. The smallest absolute Gasteiger partial charge is 0.337 e. The van der Waals surface area contributed by atoms with Crippen LogP contribution in [-0.4, -0.2) is 26.0 Å². The Labute approximate surface area is 106 Å². The van der Waals surface area contributed by atoms with Gasteiger partial charge in [-0.25, -0.2) is 19.7 Å². The van der Waals surface area contributed by atoms with E-state index in [0.717, 1.165) is 0 Å². The summed E-state index contributed by atoms with van der Waals surface area (Å²) in [6.45, 7) is 0. The van der Waals surface area contributed by atoms with Crippen molar-refractivity contribution in [3.63, 3.8) is 0 Å². The summed E-state index contributed by atoms with van der Waals surface area (Å²) in [4.78, 5) is 22.6. The SMILES string of the molecule is O=C(O)c1ccc(Sc2ncc(Cl)cn2)nc1. The molecular formula is C10H6ClN3O2S. The predicted octanol–water partition coefficient (Wildman–Crippen LogP) is 2.37. The molecule has 5 nitrogen and oxygen atoms in total. The van der Waals surface area contributed by atoms with Gasteiger partial charge in [-0.1, -0.05) is 11.6 Å². The molecule has 17 heavy (non-hydrogen) atoms. The quantitative estimate of drug-likeness (QED) is 0.861. The molecule has 0 aliphatic rings. The molecule has 0 radical (unpaired) electrons. The monoisotopic (exact) mass is 267 g/mol. The number of pyridine rings is 1. The summed E-state index contributed by atoms with van der Waals surface area (Å²) in [5.41, 5.74) is 0.145. The minimum Gasteiger partial charge on any atom is -0.478 e. The van der Waals surface area contributed by atoms with Crippen molar-refractivity contribution in [3.8, 4) is 0 Å². The summed E-state index contributed by atoms with van der Waals surface area (Å²) in [6.07, 6.45) is 4.27. The van der Waals surface area contributed by atoms with Crippen LogP contribution in [0, 0.1) is 0 Å². The Morgan fingerprint density at radius 3 is 2.41 bits per heavy atom. The summed E-state index contributed by atoms with van der Waals surface area (Å²) in [5, 5.41) is 10.3. The molecule has 0 aliphatic heterocycles. The Hall–Kier alpha value is -1.66. The first-order chi connectivity index (χ1) is 8.15. The molecule has 0 saturated carbocycles. The second kappa shape index (κ2) is 5.11. The highest BCUT2D eigenvalue weighted by Crippen LogP contribution is 2.22. The van der Waals surface area contributed by atoms with E-state index in [1.807, 2.05) is 0 Å². The molecule has 2 aromatic rings. The largest absolute Gasteiger partial charge is 0.478 e. The lowest BCUT2D eigenvalue weighted by molar-refractivity contribution is 0.0696. The lowest BCUT2D eigenvalue weighted by Crippen LogP contribution is -1.96. The van der Waals surface area contributed by atoms with Crippen molar-refractivity contribution in [1.82, 2.24) is 15.0 Å². The van der Waals surface area contributed by atoms with Gasteiger partial charge in [-0.15, -0.1) is 0 Å². The third kappa shape index (κ3) is 3.15. The molecule has 0 spiro atoms. The zero-order valence-electron chi connectivity index (χ0n) is 8.37. The van der Waals surface area contributed by atoms with E-state index in [-0.39, 0.29) is 5.56 Å². The van der Waals surface area contributed by atoms with Gasteiger partial charge in [-0.3, -0.25) is 0 Å². The number of halogens is 1. The number of hydrogen-bond acceptors (Lipinski definition) is 5. The first-order valence-electron chi connectivity index (χ1n) is 4.50. The highest BCUT2D eigenvalue weighted by Gasteiger charge is 2.05. The van der Waals surface area contributed by atoms with Gasteiger partial charge in [0, 0.05) is 6.20 Å². The van der Waals surface area contributed by atoms with Crippen LogP contribution in [0.15, 0.2) is 40.9 Å². The Balaban J connectivity index is 2.13. The molecule has 86 valence electrons. The minimum atomic E-state index is -1.00. The number of carboxylic acid groups (broad SMARTS) is 1. The van der Waals surface area contributed by atoms with Crippen molar-refractivity contribution in [3.05, 3.63) is 41.3 Å². The van der Waals surface area contributed by atoms with Crippen molar-refractivity contribution in [2.45, 2.75) is 10.2 Å². The van der Waals surface area contributed by atoms with Crippen molar-refractivity contribution < 1.29 is 9.90 Å². The Bertz CT molecular complexity index is 530. The van der Waals surface area contributed by atoms with Gasteiger partial charge in [0.15, 0.2) is 5.16 Å². The molecule has 7 heteroatoms. The van der Waals surface area contributed by atoms with E-state index < -0.39 is 5.97 Å². The second-order valence-electron chi connectivity index (χ2n) is 2.98. The summed E-state index contributed by atoms with van der Waals surface area (Å²) < 4.78 is 0. The van der Waals surface area contributed by atoms with Gasteiger partial charge in [0.25, 0.3) is 0 Å². The van der Waals surface area contributed by atoms with Crippen LogP contribution in [0.25, 0.3) is 0 Å². The highest BCUT2D eigenvalue weighted by molar-refractivity contribution is 7.99. The van der Waals surface area contributed by atoms with E-state index >= 15 is 0 Å².